The molecule has 1 atom stereocenters. The molecule has 0 radical (unpaired) electrons. The Bertz CT molecular complexity index is 179. The van der Waals surface area contributed by atoms with Gasteiger partial charge in [-0.3, -0.25) is 0 Å². The van der Waals surface area contributed by atoms with Crippen molar-refractivity contribution in [2.45, 2.75) is 33.1 Å². The summed E-state index contributed by atoms with van der Waals surface area (Å²) in [5.41, 5.74) is 2.90. The molecule has 68 valence electrons. The topological polar surface area (TPSA) is 17.1 Å². The van der Waals surface area contributed by atoms with Crippen LogP contribution < -0.4 is 0 Å². The number of hydrogen-bond donors (Lipinski definition) is 0. The standard InChI is InChI=1S/C10H16.CH2O/c1-8(2)10-6-4-9(3)5-7-10;1-2/h4,10H,1,5-7H2,2-3H3;1H2. The maximum atomic E-state index is 8.00. The zero-order valence-corrected chi connectivity index (χ0v) is 8.10. The maximum absolute atomic E-state index is 8.00. The van der Waals surface area contributed by atoms with Crippen LogP contribution in [0.2, 0.25) is 0 Å². The first kappa shape index (κ1) is 11.2. The van der Waals surface area contributed by atoms with E-state index in [-0.39, 0.29) is 0 Å². The van der Waals surface area contributed by atoms with Gasteiger partial charge in [-0.05, 0) is 39.0 Å². The van der Waals surface area contributed by atoms with Gasteiger partial charge >= 0.3 is 0 Å². The van der Waals surface area contributed by atoms with Crippen molar-refractivity contribution < 1.29 is 4.79 Å². The molecule has 0 saturated carbocycles. The van der Waals surface area contributed by atoms with Crippen LogP contribution in [0.4, 0.5) is 0 Å². The van der Waals surface area contributed by atoms with Crippen molar-refractivity contribution in [3.8, 4) is 0 Å². The van der Waals surface area contributed by atoms with Gasteiger partial charge < -0.3 is 4.79 Å². The average molecular weight is 166 g/mol. The van der Waals surface area contributed by atoms with Crippen LogP contribution in [0.5, 0.6) is 0 Å². The summed E-state index contributed by atoms with van der Waals surface area (Å²) in [7, 11) is 0. The second-order valence-electron chi connectivity index (χ2n) is 3.37. The lowest BCUT2D eigenvalue weighted by Gasteiger charge is -2.19. The minimum atomic E-state index is 0.767. The number of carbonyl (C=O) groups excluding carboxylic acids is 1. The fraction of sp³-hybridized carbons (Fsp3) is 0.545. The summed E-state index contributed by atoms with van der Waals surface area (Å²) in [6.07, 6.45) is 6.17. The van der Waals surface area contributed by atoms with Crippen LogP contribution in [0.3, 0.4) is 0 Å². The minimum absolute atomic E-state index is 0.767. The molecule has 1 heteroatoms. The molecule has 1 rings (SSSR count). The van der Waals surface area contributed by atoms with Crippen molar-refractivity contribution in [3.05, 3.63) is 23.8 Å². The molecular formula is C11H18O. The zero-order chi connectivity index (χ0) is 9.56. The molecule has 1 unspecified atom stereocenters. The lowest BCUT2D eigenvalue weighted by atomic mass is 9.86. The van der Waals surface area contributed by atoms with Crippen LogP contribution >= 0.6 is 0 Å². The molecule has 0 fully saturated rings. The predicted molar refractivity (Wildman–Crippen MR) is 53.0 cm³/mol. The lowest BCUT2D eigenvalue weighted by molar-refractivity contribution is -0.0979. The van der Waals surface area contributed by atoms with E-state index in [2.05, 4.69) is 26.5 Å². The first-order valence-electron chi connectivity index (χ1n) is 4.30. The molecule has 0 N–H and O–H groups in total. The smallest absolute Gasteiger partial charge is 0.106 e. The normalized spacial score (nSPS) is 21.8. The van der Waals surface area contributed by atoms with Gasteiger partial charge in [0.1, 0.15) is 6.79 Å². The van der Waals surface area contributed by atoms with Crippen LogP contribution in [0.15, 0.2) is 23.8 Å². The Morgan fingerprint density at radius 2 is 2.17 bits per heavy atom. The van der Waals surface area contributed by atoms with Gasteiger partial charge in [-0.1, -0.05) is 23.8 Å². The Morgan fingerprint density at radius 1 is 1.58 bits per heavy atom. The molecule has 1 nitrogen and oxygen atoms in total. The Kier molecular flexibility index (Phi) is 5.35. The molecule has 0 bridgehead atoms. The van der Waals surface area contributed by atoms with E-state index in [9.17, 15) is 0 Å². The summed E-state index contributed by atoms with van der Waals surface area (Å²) < 4.78 is 0. The van der Waals surface area contributed by atoms with Crippen LogP contribution in [0.25, 0.3) is 0 Å². The van der Waals surface area contributed by atoms with Crippen molar-refractivity contribution in [2.75, 3.05) is 0 Å². The summed E-state index contributed by atoms with van der Waals surface area (Å²) in [6.45, 7) is 10.3. The van der Waals surface area contributed by atoms with Crippen molar-refractivity contribution in [1.82, 2.24) is 0 Å². The highest BCUT2D eigenvalue weighted by atomic mass is 16.1. The van der Waals surface area contributed by atoms with Crippen LogP contribution in [-0.4, -0.2) is 6.79 Å². The molecule has 0 aromatic heterocycles. The van der Waals surface area contributed by atoms with Crippen molar-refractivity contribution >= 4 is 6.79 Å². The molecule has 0 aliphatic heterocycles. The largest absolute Gasteiger partial charge is 0.307 e. The molecule has 0 heterocycles. The fourth-order valence-corrected chi connectivity index (χ4v) is 1.41. The van der Waals surface area contributed by atoms with E-state index in [0.717, 1.165) is 5.92 Å². The maximum Gasteiger partial charge on any atom is 0.106 e. The van der Waals surface area contributed by atoms with E-state index in [4.69, 9.17) is 4.79 Å². The quantitative estimate of drug-likeness (QED) is 0.547. The fourth-order valence-electron chi connectivity index (χ4n) is 1.41. The molecule has 0 amide bonds. The molecule has 1 aliphatic carbocycles. The van der Waals surface area contributed by atoms with Gasteiger partial charge in [-0.2, -0.15) is 0 Å². The van der Waals surface area contributed by atoms with Gasteiger partial charge in [0, 0.05) is 0 Å². The molecule has 1 aliphatic rings. The van der Waals surface area contributed by atoms with E-state index < -0.39 is 0 Å². The molecule has 0 aromatic rings. The van der Waals surface area contributed by atoms with Crippen molar-refractivity contribution in [3.63, 3.8) is 0 Å². The Balaban J connectivity index is 0.000000561. The third-order valence-corrected chi connectivity index (χ3v) is 2.33. The number of allylic oxidation sites excluding steroid dienone is 3. The van der Waals surface area contributed by atoms with E-state index in [1.54, 1.807) is 5.57 Å². The van der Waals surface area contributed by atoms with Crippen LogP contribution in [0, 0.1) is 5.92 Å². The Hall–Kier alpha value is -0.850. The molecule has 0 saturated heterocycles. The second kappa shape index (κ2) is 5.76. The Labute approximate surface area is 75.2 Å². The Morgan fingerprint density at radius 3 is 2.50 bits per heavy atom. The summed E-state index contributed by atoms with van der Waals surface area (Å²) in [6, 6.07) is 0. The van der Waals surface area contributed by atoms with Crippen molar-refractivity contribution in [1.29, 1.82) is 0 Å². The molecular weight excluding hydrogens is 148 g/mol. The summed E-state index contributed by atoms with van der Waals surface area (Å²) in [5, 5.41) is 0. The number of carbonyl (C=O) groups is 1. The van der Waals surface area contributed by atoms with E-state index >= 15 is 0 Å². The highest BCUT2D eigenvalue weighted by Gasteiger charge is 2.11. The highest BCUT2D eigenvalue weighted by Crippen LogP contribution is 2.27. The third-order valence-electron chi connectivity index (χ3n) is 2.33. The summed E-state index contributed by atoms with van der Waals surface area (Å²) >= 11 is 0. The number of hydrogen-bond acceptors (Lipinski definition) is 1. The van der Waals surface area contributed by atoms with E-state index in [1.807, 2.05) is 6.79 Å². The molecule has 0 aromatic carbocycles. The van der Waals surface area contributed by atoms with Gasteiger partial charge in [-0.25, -0.2) is 0 Å². The predicted octanol–water partition coefficient (Wildman–Crippen LogP) is 3.12. The van der Waals surface area contributed by atoms with E-state index in [1.165, 1.54) is 24.8 Å². The SMILES string of the molecule is C=C(C)C1CC=C(C)CC1.C=O. The first-order valence-corrected chi connectivity index (χ1v) is 4.30. The van der Waals surface area contributed by atoms with Gasteiger partial charge in [-0.15, -0.1) is 0 Å². The van der Waals surface area contributed by atoms with Gasteiger partial charge in [0.2, 0.25) is 0 Å². The number of rotatable bonds is 1. The minimum Gasteiger partial charge on any atom is -0.307 e. The van der Waals surface area contributed by atoms with Gasteiger partial charge in [0.25, 0.3) is 0 Å². The second-order valence-corrected chi connectivity index (χ2v) is 3.37. The van der Waals surface area contributed by atoms with Crippen LogP contribution in [0.1, 0.15) is 33.1 Å². The summed E-state index contributed by atoms with van der Waals surface area (Å²) in [5.74, 6) is 0.767. The highest BCUT2D eigenvalue weighted by molar-refractivity contribution is 5.11. The average Bonchev–Trinajstić information content (AvgIpc) is 2.09. The van der Waals surface area contributed by atoms with Gasteiger partial charge in [0.05, 0.1) is 0 Å². The molecule has 12 heavy (non-hydrogen) atoms. The monoisotopic (exact) mass is 166 g/mol. The van der Waals surface area contributed by atoms with Gasteiger partial charge in [0.15, 0.2) is 0 Å². The first-order chi connectivity index (χ1) is 5.70. The summed E-state index contributed by atoms with van der Waals surface area (Å²) in [4.78, 5) is 8.00. The van der Waals surface area contributed by atoms with E-state index in [0.29, 0.717) is 0 Å². The third kappa shape index (κ3) is 3.51. The van der Waals surface area contributed by atoms with Crippen LogP contribution in [-0.2, 0) is 4.79 Å². The zero-order valence-electron chi connectivity index (χ0n) is 8.10. The van der Waals surface area contributed by atoms with Crippen molar-refractivity contribution in [2.24, 2.45) is 5.92 Å². The molecule has 0 spiro atoms. The lowest BCUT2D eigenvalue weighted by Crippen LogP contribution is -2.04.